The van der Waals surface area contributed by atoms with Crippen LogP contribution in [-0.4, -0.2) is 17.7 Å². The van der Waals surface area contributed by atoms with Gasteiger partial charge in [-0.2, -0.15) is 10.5 Å². The summed E-state index contributed by atoms with van der Waals surface area (Å²) in [4.78, 5) is 11.8. The van der Waals surface area contributed by atoms with Gasteiger partial charge in [0.05, 0.1) is 17.7 Å². The molecular formula is C21H20FN3O2. The Morgan fingerprint density at radius 1 is 1.15 bits per heavy atom. The third-order valence-corrected chi connectivity index (χ3v) is 3.67. The molecule has 1 N–H and O–H groups in total. The van der Waals surface area contributed by atoms with Crippen LogP contribution in [0.2, 0.25) is 0 Å². The summed E-state index contributed by atoms with van der Waals surface area (Å²) in [6.45, 7) is 5.15. The zero-order valence-electron chi connectivity index (χ0n) is 15.4. The Morgan fingerprint density at radius 2 is 1.78 bits per heavy atom. The Kier molecular flexibility index (Phi) is 6.15. The Balaban J connectivity index is 2.11. The average molecular weight is 365 g/mol. The highest BCUT2D eigenvalue weighted by atomic mass is 19.1. The Labute approximate surface area is 158 Å². The highest BCUT2D eigenvalue weighted by molar-refractivity contribution is 5.68. The fourth-order valence-electron chi connectivity index (χ4n) is 2.43. The number of nitrogens with one attached hydrogen (secondary N) is 1. The lowest BCUT2D eigenvalue weighted by molar-refractivity contribution is 0.0515. The molecule has 2 rings (SSSR count). The molecule has 0 aliphatic carbocycles. The van der Waals surface area contributed by atoms with E-state index in [-0.39, 0.29) is 6.42 Å². The van der Waals surface area contributed by atoms with Gasteiger partial charge in [-0.15, -0.1) is 0 Å². The second kappa shape index (κ2) is 8.33. The normalized spacial score (nSPS) is 11.8. The first-order chi connectivity index (χ1) is 12.7. The molecule has 6 heteroatoms. The van der Waals surface area contributed by atoms with Gasteiger partial charge in [0.25, 0.3) is 0 Å². The summed E-state index contributed by atoms with van der Waals surface area (Å²) in [6, 6.07) is 14.6. The first-order valence-electron chi connectivity index (χ1n) is 8.40. The van der Waals surface area contributed by atoms with Crippen LogP contribution in [0.3, 0.4) is 0 Å². The number of carbonyl (C=O) groups is 1. The molecule has 138 valence electrons. The van der Waals surface area contributed by atoms with Gasteiger partial charge >= 0.3 is 6.09 Å². The summed E-state index contributed by atoms with van der Waals surface area (Å²) in [6.07, 6.45) is -0.696. The highest BCUT2D eigenvalue weighted by Gasteiger charge is 2.20. The zero-order chi connectivity index (χ0) is 20.0. The maximum Gasteiger partial charge on any atom is 0.408 e. The van der Waals surface area contributed by atoms with Crippen LogP contribution < -0.4 is 5.32 Å². The van der Waals surface area contributed by atoms with Gasteiger partial charge < -0.3 is 10.1 Å². The molecule has 0 aliphatic heterocycles. The third-order valence-electron chi connectivity index (χ3n) is 3.67. The van der Waals surface area contributed by atoms with Gasteiger partial charge in [-0.25, -0.2) is 9.18 Å². The monoisotopic (exact) mass is 365 g/mol. The topological polar surface area (TPSA) is 85.9 Å². The molecule has 5 nitrogen and oxygen atoms in total. The van der Waals surface area contributed by atoms with Crippen molar-refractivity contribution in [3.63, 3.8) is 0 Å². The molecule has 2 aromatic carbocycles. The van der Waals surface area contributed by atoms with Crippen molar-refractivity contribution < 1.29 is 13.9 Å². The Morgan fingerprint density at radius 3 is 2.30 bits per heavy atom. The predicted octanol–water partition coefficient (Wildman–Crippen LogP) is 4.32. The van der Waals surface area contributed by atoms with Crippen LogP contribution in [0.4, 0.5) is 9.18 Å². The number of nitriles is 2. The standard InChI is InChI=1S/C21H20FN3O2/c1-21(2,3)27-20(26)25-18(13-24)10-17-9-8-16(11-19(17)22)15-6-4-14(12-23)5-7-15/h4-9,11,18H,10H2,1-3H3,(H,25,26)/t18-/m0/s1. The number of rotatable bonds is 4. The molecule has 0 fully saturated rings. The van der Waals surface area contributed by atoms with Gasteiger partial charge in [-0.05, 0) is 55.7 Å². The molecule has 1 amide bonds. The molecule has 0 aromatic heterocycles. The molecule has 0 radical (unpaired) electrons. The summed E-state index contributed by atoms with van der Waals surface area (Å²) < 4.78 is 19.6. The molecule has 0 spiro atoms. The van der Waals surface area contributed by atoms with Gasteiger partial charge in [0.15, 0.2) is 0 Å². The third kappa shape index (κ3) is 5.83. The number of hydrogen-bond donors (Lipinski definition) is 1. The summed E-state index contributed by atoms with van der Waals surface area (Å²) in [7, 11) is 0. The molecule has 0 saturated heterocycles. The second-order valence-electron chi connectivity index (χ2n) is 7.03. The number of nitrogens with zero attached hydrogens (tertiary/aromatic N) is 2. The summed E-state index contributed by atoms with van der Waals surface area (Å²) in [5, 5.41) is 20.5. The fourth-order valence-corrected chi connectivity index (χ4v) is 2.43. The second-order valence-corrected chi connectivity index (χ2v) is 7.03. The van der Waals surface area contributed by atoms with Crippen LogP contribution in [0, 0.1) is 28.5 Å². The minimum absolute atomic E-state index is 0.0230. The van der Waals surface area contributed by atoms with E-state index in [0.29, 0.717) is 16.7 Å². The van der Waals surface area contributed by atoms with E-state index in [0.717, 1.165) is 5.56 Å². The van der Waals surface area contributed by atoms with Crippen LogP contribution in [0.25, 0.3) is 11.1 Å². The first kappa shape index (κ1) is 19.9. The summed E-state index contributed by atoms with van der Waals surface area (Å²) >= 11 is 0. The predicted molar refractivity (Wildman–Crippen MR) is 99.0 cm³/mol. The maximum atomic E-state index is 14.5. The van der Waals surface area contributed by atoms with E-state index >= 15 is 0 Å². The van der Waals surface area contributed by atoms with Crippen LogP contribution in [0.1, 0.15) is 31.9 Å². The van der Waals surface area contributed by atoms with E-state index in [2.05, 4.69) is 5.32 Å². The van der Waals surface area contributed by atoms with Crippen molar-refractivity contribution in [1.29, 1.82) is 10.5 Å². The molecular weight excluding hydrogens is 345 g/mol. The quantitative estimate of drug-likeness (QED) is 0.874. The van der Waals surface area contributed by atoms with E-state index in [1.165, 1.54) is 6.07 Å². The van der Waals surface area contributed by atoms with E-state index in [1.807, 2.05) is 12.1 Å². The SMILES string of the molecule is CC(C)(C)OC(=O)N[C@H](C#N)Cc1ccc(-c2ccc(C#N)cc2)cc1F. The number of benzene rings is 2. The van der Waals surface area contributed by atoms with Crippen molar-refractivity contribution in [2.45, 2.75) is 38.8 Å². The lowest BCUT2D eigenvalue weighted by Crippen LogP contribution is -2.39. The van der Waals surface area contributed by atoms with Gasteiger partial charge in [-0.1, -0.05) is 24.3 Å². The minimum Gasteiger partial charge on any atom is -0.444 e. The number of amides is 1. The van der Waals surface area contributed by atoms with Crippen molar-refractivity contribution in [3.8, 4) is 23.3 Å². The van der Waals surface area contributed by atoms with Gasteiger partial charge in [-0.3, -0.25) is 0 Å². The zero-order valence-corrected chi connectivity index (χ0v) is 15.4. The number of hydrogen-bond acceptors (Lipinski definition) is 4. The molecule has 0 unspecified atom stereocenters. The lowest BCUT2D eigenvalue weighted by atomic mass is 9.99. The smallest absolute Gasteiger partial charge is 0.408 e. The van der Waals surface area contributed by atoms with Crippen molar-refractivity contribution in [1.82, 2.24) is 5.32 Å². The largest absolute Gasteiger partial charge is 0.444 e. The van der Waals surface area contributed by atoms with Gasteiger partial charge in [0, 0.05) is 6.42 Å². The number of alkyl carbamates (subject to hydrolysis) is 1. The van der Waals surface area contributed by atoms with Crippen molar-refractivity contribution in [3.05, 3.63) is 59.4 Å². The Bertz CT molecular complexity index is 903. The van der Waals surface area contributed by atoms with Crippen LogP contribution in [-0.2, 0) is 11.2 Å². The Hall–Kier alpha value is -3.38. The van der Waals surface area contributed by atoms with E-state index in [9.17, 15) is 14.4 Å². The molecule has 27 heavy (non-hydrogen) atoms. The van der Waals surface area contributed by atoms with Crippen LogP contribution in [0.5, 0.6) is 0 Å². The van der Waals surface area contributed by atoms with E-state index in [4.69, 9.17) is 10.00 Å². The molecule has 1 atom stereocenters. The van der Waals surface area contributed by atoms with Gasteiger partial charge in [0.1, 0.15) is 17.5 Å². The highest BCUT2D eigenvalue weighted by Crippen LogP contribution is 2.23. The summed E-state index contributed by atoms with van der Waals surface area (Å²) in [5.41, 5.74) is 1.60. The number of halogens is 1. The number of carbonyl (C=O) groups excluding carboxylic acids is 1. The first-order valence-corrected chi connectivity index (χ1v) is 8.40. The van der Waals surface area contributed by atoms with Crippen molar-refractivity contribution in [2.75, 3.05) is 0 Å². The van der Waals surface area contributed by atoms with Crippen LogP contribution in [0.15, 0.2) is 42.5 Å². The molecule has 0 heterocycles. The average Bonchev–Trinajstić information content (AvgIpc) is 2.61. The summed E-state index contributed by atoms with van der Waals surface area (Å²) in [5.74, 6) is -0.469. The van der Waals surface area contributed by atoms with Crippen molar-refractivity contribution in [2.24, 2.45) is 0 Å². The molecule has 0 saturated carbocycles. The minimum atomic E-state index is -0.907. The molecule has 0 aliphatic rings. The van der Waals surface area contributed by atoms with E-state index < -0.39 is 23.6 Å². The number of ether oxygens (including phenoxy) is 1. The van der Waals surface area contributed by atoms with Crippen molar-refractivity contribution >= 4 is 6.09 Å². The molecule has 0 bridgehead atoms. The van der Waals surface area contributed by atoms with Crippen LogP contribution >= 0.6 is 0 Å². The van der Waals surface area contributed by atoms with E-state index in [1.54, 1.807) is 57.2 Å². The van der Waals surface area contributed by atoms with Gasteiger partial charge in [0.2, 0.25) is 0 Å². The maximum absolute atomic E-state index is 14.5. The lowest BCUT2D eigenvalue weighted by Gasteiger charge is -2.21. The molecule has 2 aromatic rings. The fraction of sp³-hybridized carbons (Fsp3) is 0.286.